The normalized spacial score (nSPS) is 11.0. The number of benzene rings is 2. The molecule has 0 unspecified atom stereocenters. The molecule has 2 amide bonds. The van der Waals surface area contributed by atoms with E-state index in [-0.39, 0.29) is 31.6 Å². The molecule has 29 heavy (non-hydrogen) atoms. The number of aromatic nitrogens is 2. The minimum atomic E-state index is -0.547. The summed E-state index contributed by atoms with van der Waals surface area (Å²) in [6, 6.07) is 14.4. The van der Waals surface area contributed by atoms with Crippen molar-refractivity contribution in [2.24, 2.45) is 5.73 Å². The molecule has 1 heterocycles. The van der Waals surface area contributed by atoms with Crippen molar-refractivity contribution in [2.45, 2.75) is 33.0 Å². The van der Waals surface area contributed by atoms with Crippen LogP contribution in [0.5, 0.6) is 5.75 Å². The van der Waals surface area contributed by atoms with Crippen LogP contribution in [0.25, 0.3) is 11.0 Å². The molecule has 0 aliphatic carbocycles. The van der Waals surface area contributed by atoms with Gasteiger partial charge in [-0.15, -0.1) is 0 Å². The van der Waals surface area contributed by atoms with Crippen LogP contribution in [0.3, 0.4) is 0 Å². The number of imidazole rings is 1. The quantitative estimate of drug-likeness (QED) is 0.613. The number of para-hydroxylation sites is 2. The summed E-state index contributed by atoms with van der Waals surface area (Å²) in [6.07, 6.45) is 0. The Morgan fingerprint density at radius 2 is 1.86 bits per heavy atom. The van der Waals surface area contributed by atoms with Crippen LogP contribution in [-0.4, -0.2) is 38.9 Å². The maximum absolute atomic E-state index is 12.9. The molecular weight excluding hydrogens is 392 g/mol. The second-order valence-corrected chi connectivity index (χ2v) is 7.36. The van der Waals surface area contributed by atoms with Crippen molar-refractivity contribution in [3.05, 3.63) is 59.4 Å². The molecule has 0 spiro atoms. The Morgan fingerprint density at radius 3 is 2.52 bits per heavy atom. The monoisotopic (exact) mass is 414 g/mol. The summed E-state index contributed by atoms with van der Waals surface area (Å²) >= 11 is 5.91. The number of hydrogen-bond donors (Lipinski definition) is 1. The third-order valence-electron chi connectivity index (χ3n) is 4.48. The summed E-state index contributed by atoms with van der Waals surface area (Å²) in [5, 5.41) is 0.624. The van der Waals surface area contributed by atoms with Crippen molar-refractivity contribution in [3.8, 4) is 5.75 Å². The van der Waals surface area contributed by atoms with Crippen LogP contribution in [0.1, 0.15) is 19.7 Å². The molecule has 8 heteroatoms. The molecule has 0 radical (unpaired) electrons. The molecule has 7 nitrogen and oxygen atoms in total. The lowest BCUT2D eigenvalue weighted by Gasteiger charge is -2.26. The van der Waals surface area contributed by atoms with Crippen LogP contribution in [0.4, 0.5) is 0 Å². The zero-order valence-corrected chi connectivity index (χ0v) is 17.1. The summed E-state index contributed by atoms with van der Waals surface area (Å²) < 4.78 is 7.64. The van der Waals surface area contributed by atoms with Gasteiger partial charge in [0.2, 0.25) is 11.8 Å². The van der Waals surface area contributed by atoms with E-state index in [9.17, 15) is 9.59 Å². The Bertz CT molecular complexity index is 1010. The molecule has 2 aromatic carbocycles. The van der Waals surface area contributed by atoms with Gasteiger partial charge < -0.3 is 19.9 Å². The Morgan fingerprint density at radius 1 is 1.17 bits per heavy atom. The first-order valence-corrected chi connectivity index (χ1v) is 9.63. The number of halogens is 1. The van der Waals surface area contributed by atoms with Gasteiger partial charge in [-0.3, -0.25) is 9.59 Å². The predicted molar refractivity (Wildman–Crippen MR) is 112 cm³/mol. The van der Waals surface area contributed by atoms with Gasteiger partial charge in [0.25, 0.3) is 0 Å². The zero-order valence-electron chi connectivity index (χ0n) is 16.3. The number of nitrogens with zero attached hydrogens (tertiary/aromatic N) is 3. The molecule has 3 rings (SSSR count). The van der Waals surface area contributed by atoms with E-state index in [0.29, 0.717) is 16.6 Å². The largest absolute Gasteiger partial charge is 0.486 e. The fourth-order valence-corrected chi connectivity index (χ4v) is 3.17. The Kier molecular flexibility index (Phi) is 6.39. The maximum Gasteiger partial charge on any atom is 0.243 e. The highest BCUT2D eigenvalue weighted by Gasteiger charge is 2.22. The minimum absolute atomic E-state index is 0.0330. The molecule has 0 bridgehead atoms. The van der Waals surface area contributed by atoms with Gasteiger partial charge in [-0.25, -0.2) is 4.98 Å². The highest BCUT2D eigenvalue weighted by atomic mass is 35.5. The number of amides is 2. The fraction of sp³-hybridized carbons (Fsp3) is 0.286. The van der Waals surface area contributed by atoms with Crippen molar-refractivity contribution in [2.75, 3.05) is 6.54 Å². The SMILES string of the molecule is CC(C)N(CC(N)=O)C(=O)Cn1c(COc2ccc(Cl)cc2)nc2ccccc21. The van der Waals surface area contributed by atoms with E-state index >= 15 is 0 Å². The van der Waals surface area contributed by atoms with Gasteiger partial charge in [0.05, 0.1) is 17.6 Å². The topological polar surface area (TPSA) is 90.5 Å². The van der Waals surface area contributed by atoms with Gasteiger partial charge in [-0.1, -0.05) is 23.7 Å². The van der Waals surface area contributed by atoms with E-state index in [1.165, 1.54) is 4.90 Å². The summed E-state index contributed by atoms with van der Waals surface area (Å²) in [7, 11) is 0. The first-order valence-electron chi connectivity index (χ1n) is 9.25. The average molecular weight is 415 g/mol. The second-order valence-electron chi connectivity index (χ2n) is 6.93. The van der Waals surface area contributed by atoms with Crippen LogP contribution in [0, 0.1) is 0 Å². The first kappa shape index (κ1) is 20.7. The van der Waals surface area contributed by atoms with Crippen molar-refractivity contribution in [1.82, 2.24) is 14.5 Å². The van der Waals surface area contributed by atoms with Gasteiger partial charge in [0.1, 0.15) is 24.7 Å². The third-order valence-corrected chi connectivity index (χ3v) is 4.73. The second kappa shape index (κ2) is 8.96. The van der Waals surface area contributed by atoms with Crippen molar-refractivity contribution in [1.29, 1.82) is 0 Å². The molecule has 2 N–H and O–H groups in total. The lowest BCUT2D eigenvalue weighted by molar-refractivity contribution is -0.137. The van der Waals surface area contributed by atoms with Gasteiger partial charge in [-0.05, 0) is 50.2 Å². The number of hydrogen-bond acceptors (Lipinski definition) is 4. The number of fused-ring (bicyclic) bond motifs is 1. The van der Waals surface area contributed by atoms with Gasteiger partial charge in [0.15, 0.2) is 0 Å². The molecule has 0 fully saturated rings. The van der Waals surface area contributed by atoms with E-state index in [4.69, 9.17) is 22.1 Å². The number of ether oxygens (including phenoxy) is 1. The molecule has 152 valence electrons. The van der Waals surface area contributed by atoms with E-state index in [1.54, 1.807) is 24.3 Å². The number of primary amides is 1. The number of carbonyl (C=O) groups is 2. The summed E-state index contributed by atoms with van der Waals surface area (Å²) in [5.74, 6) is 0.498. The fourth-order valence-electron chi connectivity index (χ4n) is 3.04. The molecule has 0 aliphatic rings. The van der Waals surface area contributed by atoms with Crippen molar-refractivity contribution >= 4 is 34.4 Å². The van der Waals surface area contributed by atoms with E-state index in [1.807, 2.05) is 42.7 Å². The Labute approximate surface area is 174 Å². The van der Waals surface area contributed by atoms with Crippen LogP contribution >= 0.6 is 11.6 Å². The molecule has 0 saturated heterocycles. The lowest BCUT2D eigenvalue weighted by Crippen LogP contribution is -2.44. The highest BCUT2D eigenvalue weighted by Crippen LogP contribution is 2.20. The van der Waals surface area contributed by atoms with E-state index in [0.717, 1.165) is 11.0 Å². The smallest absolute Gasteiger partial charge is 0.243 e. The summed E-state index contributed by atoms with van der Waals surface area (Å²) in [6.45, 7) is 3.78. The minimum Gasteiger partial charge on any atom is -0.486 e. The Balaban J connectivity index is 1.87. The molecule has 1 aromatic heterocycles. The van der Waals surface area contributed by atoms with Gasteiger partial charge in [0, 0.05) is 11.1 Å². The first-order chi connectivity index (χ1) is 13.8. The number of rotatable bonds is 8. The molecular formula is C21H23ClN4O3. The van der Waals surface area contributed by atoms with Crippen molar-refractivity contribution in [3.63, 3.8) is 0 Å². The molecule has 3 aromatic rings. The van der Waals surface area contributed by atoms with Crippen LogP contribution in [0.2, 0.25) is 5.02 Å². The number of nitrogens with two attached hydrogens (primary N) is 1. The summed E-state index contributed by atoms with van der Waals surface area (Å²) in [4.78, 5) is 30.3. The predicted octanol–water partition coefficient (Wildman–Crippen LogP) is 2.99. The van der Waals surface area contributed by atoms with Crippen LogP contribution < -0.4 is 10.5 Å². The van der Waals surface area contributed by atoms with Crippen molar-refractivity contribution < 1.29 is 14.3 Å². The standard InChI is InChI=1S/C21H23ClN4O3/c1-14(2)25(11-19(23)27)21(28)12-26-18-6-4-3-5-17(18)24-20(26)13-29-16-9-7-15(22)8-10-16/h3-10,14H,11-13H2,1-2H3,(H2,23,27). The average Bonchev–Trinajstić information content (AvgIpc) is 3.03. The van der Waals surface area contributed by atoms with Crippen LogP contribution in [0.15, 0.2) is 48.5 Å². The third kappa shape index (κ3) is 5.06. The number of carbonyl (C=O) groups excluding carboxylic acids is 2. The van der Waals surface area contributed by atoms with Crippen LogP contribution in [-0.2, 0) is 22.7 Å². The Hall–Kier alpha value is -3.06. The van der Waals surface area contributed by atoms with E-state index < -0.39 is 5.91 Å². The van der Waals surface area contributed by atoms with Gasteiger partial charge >= 0.3 is 0 Å². The van der Waals surface area contributed by atoms with E-state index in [2.05, 4.69) is 4.98 Å². The molecule has 0 atom stereocenters. The summed E-state index contributed by atoms with van der Waals surface area (Å²) in [5.41, 5.74) is 6.89. The maximum atomic E-state index is 12.9. The molecule has 0 aliphatic heterocycles. The van der Waals surface area contributed by atoms with Gasteiger partial charge in [-0.2, -0.15) is 0 Å². The zero-order chi connectivity index (χ0) is 21.0. The highest BCUT2D eigenvalue weighted by molar-refractivity contribution is 6.30. The lowest BCUT2D eigenvalue weighted by atomic mass is 10.3. The molecule has 0 saturated carbocycles.